The largest absolute Gasteiger partial charge is 0.471 e. The van der Waals surface area contributed by atoms with E-state index in [1.807, 2.05) is 43.5 Å². The highest BCUT2D eigenvalue weighted by molar-refractivity contribution is 9.11. The molecule has 6 heteroatoms. The lowest BCUT2D eigenvalue weighted by Crippen LogP contribution is -2.37. The highest BCUT2D eigenvalue weighted by Crippen LogP contribution is 2.16. The van der Waals surface area contributed by atoms with Gasteiger partial charge in [-0.25, -0.2) is 0 Å². The molecule has 1 amide bonds. The molecule has 0 saturated heterocycles. The van der Waals surface area contributed by atoms with E-state index in [1.165, 1.54) is 0 Å². The summed E-state index contributed by atoms with van der Waals surface area (Å²) in [6, 6.07) is 0. The molecular weight excluding hydrogens is 335 g/mol. The zero-order chi connectivity index (χ0) is 15.6. The van der Waals surface area contributed by atoms with E-state index < -0.39 is 12.1 Å². The van der Waals surface area contributed by atoms with Crippen molar-refractivity contribution in [2.45, 2.75) is 39.3 Å². The first-order valence-corrected chi connectivity index (χ1v) is 7.14. The molecule has 0 unspecified atom stereocenters. The predicted molar refractivity (Wildman–Crippen MR) is 78.5 cm³/mol. The van der Waals surface area contributed by atoms with Crippen LogP contribution in [0.1, 0.15) is 33.1 Å². The van der Waals surface area contributed by atoms with Crippen LogP contribution in [0.25, 0.3) is 0 Å². The maximum Gasteiger partial charge on any atom is 0.471 e. The van der Waals surface area contributed by atoms with Gasteiger partial charge in [0.1, 0.15) is 0 Å². The van der Waals surface area contributed by atoms with Gasteiger partial charge < -0.3 is 5.32 Å². The van der Waals surface area contributed by atoms with Crippen molar-refractivity contribution >= 4 is 21.8 Å². The normalized spacial score (nSPS) is 13.9. The lowest BCUT2D eigenvalue weighted by Gasteiger charge is -2.08. The monoisotopic (exact) mass is 353 g/mol. The van der Waals surface area contributed by atoms with E-state index in [0.717, 1.165) is 16.5 Å². The summed E-state index contributed by atoms with van der Waals surface area (Å²) in [6.45, 7) is 3.89. The van der Waals surface area contributed by atoms with Crippen LogP contribution in [0.15, 0.2) is 34.4 Å². The number of allylic oxidation sites excluding steroid dienone is 6. The Balaban J connectivity index is 4.33. The molecule has 0 aromatic carbocycles. The average Bonchev–Trinajstić information content (AvgIpc) is 2.38. The first kappa shape index (κ1) is 19.0. The highest BCUT2D eigenvalue weighted by atomic mass is 79.9. The van der Waals surface area contributed by atoms with E-state index in [0.29, 0.717) is 12.8 Å². The fraction of sp³-hybridized carbons (Fsp3) is 0.500. The van der Waals surface area contributed by atoms with Gasteiger partial charge in [-0.15, -0.1) is 0 Å². The van der Waals surface area contributed by atoms with Gasteiger partial charge in [-0.1, -0.05) is 41.1 Å². The maximum absolute atomic E-state index is 12.0. The van der Waals surface area contributed by atoms with Gasteiger partial charge >= 0.3 is 12.1 Å². The van der Waals surface area contributed by atoms with Crippen molar-refractivity contribution in [1.82, 2.24) is 5.32 Å². The summed E-state index contributed by atoms with van der Waals surface area (Å²) in [5, 5.41) is 1.86. The number of nitrogens with one attached hydrogen (secondary N) is 1. The average molecular weight is 354 g/mol. The third kappa shape index (κ3) is 8.96. The van der Waals surface area contributed by atoms with Crippen LogP contribution >= 0.6 is 15.9 Å². The third-order valence-corrected chi connectivity index (χ3v) is 3.04. The van der Waals surface area contributed by atoms with Crippen LogP contribution in [-0.4, -0.2) is 18.6 Å². The molecule has 0 bridgehead atoms. The topological polar surface area (TPSA) is 29.1 Å². The Morgan fingerprint density at radius 3 is 2.50 bits per heavy atom. The fourth-order valence-electron chi connectivity index (χ4n) is 1.33. The lowest BCUT2D eigenvalue weighted by atomic mass is 10.1. The van der Waals surface area contributed by atoms with Crippen LogP contribution in [0.2, 0.25) is 0 Å². The van der Waals surface area contributed by atoms with E-state index in [9.17, 15) is 18.0 Å². The van der Waals surface area contributed by atoms with Gasteiger partial charge in [0.15, 0.2) is 0 Å². The number of halogens is 4. The molecule has 114 valence electrons. The van der Waals surface area contributed by atoms with E-state index in [4.69, 9.17) is 0 Å². The van der Waals surface area contributed by atoms with Crippen LogP contribution < -0.4 is 5.32 Å². The Hall–Kier alpha value is -1.04. The van der Waals surface area contributed by atoms with Crippen molar-refractivity contribution < 1.29 is 18.0 Å². The smallest absolute Gasteiger partial charge is 0.348 e. The molecule has 0 rings (SSSR count). The third-order valence-electron chi connectivity index (χ3n) is 2.35. The fourth-order valence-corrected chi connectivity index (χ4v) is 1.62. The Morgan fingerprint density at radius 2 is 2.00 bits per heavy atom. The van der Waals surface area contributed by atoms with Crippen LogP contribution in [0.3, 0.4) is 0 Å². The Bertz CT molecular complexity index is 398. The second kappa shape index (κ2) is 9.80. The molecule has 20 heavy (non-hydrogen) atoms. The molecule has 0 spiro atoms. The summed E-state index contributed by atoms with van der Waals surface area (Å²) in [6.07, 6.45) is 4.84. The molecule has 0 aliphatic rings. The van der Waals surface area contributed by atoms with Crippen LogP contribution in [0.4, 0.5) is 13.2 Å². The molecule has 1 N–H and O–H groups in total. The molecule has 0 atom stereocenters. The summed E-state index contributed by atoms with van der Waals surface area (Å²) >= 11 is 3.36. The number of rotatable bonds is 7. The Morgan fingerprint density at radius 1 is 1.35 bits per heavy atom. The van der Waals surface area contributed by atoms with Crippen LogP contribution in [0.5, 0.6) is 0 Å². The number of carbonyl (C=O) groups excluding carboxylic acids is 1. The maximum atomic E-state index is 12.0. The van der Waals surface area contributed by atoms with Gasteiger partial charge in [-0.3, -0.25) is 4.79 Å². The van der Waals surface area contributed by atoms with Gasteiger partial charge in [0.2, 0.25) is 0 Å². The molecule has 0 aromatic rings. The number of hydrogen-bond donors (Lipinski definition) is 1. The van der Waals surface area contributed by atoms with Crippen molar-refractivity contribution in [1.29, 1.82) is 0 Å². The minimum atomic E-state index is -4.81. The van der Waals surface area contributed by atoms with Gasteiger partial charge in [-0.05, 0) is 37.8 Å². The second-order valence-electron chi connectivity index (χ2n) is 4.06. The van der Waals surface area contributed by atoms with E-state index in [2.05, 4.69) is 15.9 Å². The SMILES string of the molecule is C\C=C(Br)/C=C(\C=C/CC)CCCNC(=O)C(F)(F)F. The van der Waals surface area contributed by atoms with Crippen LogP contribution in [0, 0.1) is 0 Å². The quantitative estimate of drug-likeness (QED) is 0.524. The molecule has 0 aliphatic carbocycles. The first-order chi connectivity index (χ1) is 9.31. The minimum absolute atomic E-state index is 0.00308. The molecule has 0 saturated carbocycles. The second-order valence-corrected chi connectivity index (χ2v) is 4.98. The van der Waals surface area contributed by atoms with Gasteiger partial charge in [0, 0.05) is 11.0 Å². The minimum Gasteiger partial charge on any atom is -0.348 e. The van der Waals surface area contributed by atoms with E-state index in [1.54, 1.807) is 0 Å². The zero-order valence-corrected chi connectivity index (χ0v) is 13.1. The molecule has 0 heterocycles. The lowest BCUT2D eigenvalue weighted by molar-refractivity contribution is -0.173. The molecule has 0 radical (unpaired) electrons. The van der Waals surface area contributed by atoms with Crippen molar-refractivity contribution in [3.63, 3.8) is 0 Å². The summed E-state index contributed by atoms with van der Waals surface area (Å²) in [5.74, 6) is -1.89. The highest BCUT2D eigenvalue weighted by Gasteiger charge is 2.38. The number of hydrogen-bond acceptors (Lipinski definition) is 1. The zero-order valence-electron chi connectivity index (χ0n) is 11.6. The molecule has 0 aromatic heterocycles. The molecular formula is C14H19BrF3NO. The number of carbonyl (C=O) groups is 1. The molecule has 2 nitrogen and oxygen atoms in total. The Labute approximate surface area is 125 Å². The van der Waals surface area contributed by atoms with E-state index in [-0.39, 0.29) is 6.54 Å². The van der Waals surface area contributed by atoms with Gasteiger partial charge in [0.05, 0.1) is 0 Å². The van der Waals surface area contributed by atoms with Crippen LogP contribution in [-0.2, 0) is 4.79 Å². The summed E-state index contributed by atoms with van der Waals surface area (Å²) in [4.78, 5) is 10.6. The molecule has 0 fully saturated rings. The number of amides is 1. The summed E-state index contributed by atoms with van der Waals surface area (Å²) in [7, 11) is 0. The summed E-state index contributed by atoms with van der Waals surface area (Å²) < 4.78 is 36.8. The van der Waals surface area contributed by atoms with E-state index >= 15 is 0 Å². The van der Waals surface area contributed by atoms with Crippen molar-refractivity contribution in [2.75, 3.05) is 6.54 Å². The van der Waals surface area contributed by atoms with Crippen molar-refractivity contribution in [3.05, 3.63) is 34.4 Å². The Kier molecular flexibility index (Phi) is 9.29. The van der Waals surface area contributed by atoms with Gasteiger partial charge in [-0.2, -0.15) is 13.2 Å². The standard InChI is InChI=1S/C14H19BrF3NO/c1-3-5-7-11(10-12(15)4-2)8-6-9-19-13(20)14(16,17)18/h4-5,7,10H,3,6,8-9H2,1-2H3,(H,19,20)/b7-5-,11-10+,12-4+. The van der Waals surface area contributed by atoms with Gasteiger partial charge in [0.25, 0.3) is 0 Å². The molecule has 0 aliphatic heterocycles. The summed E-state index contributed by atoms with van der Waals surface area (Å²) in [5.41, 5.74) is 0.998. The predicted octanol–water partition coefficient (Wildman–Crippen LogP) is 4.64. The van der Waals surface area contributed by atoms with Crippen molar-refractivity contribution in [2.24, 2.45) is 0 Å². The first-order valence-electron chi connectivity index (χ1n) is 6.35. The van der Waals surface area contributed by atoms with Crippen molar-refractivity contribution in [3.8, 4) is 0 Å². The number of alkyl halides is 3.